The van der Waals surface area contributed by atoms with Crippen LogP contribution in [0.4, 0.5) is 0 Å². The summed E-state index contributed by atoms with van der Waals surface area (Å²) in [5, 5.41) is 0. The molecule has 1 saturated heterocycles. The van der Waals surface area contributed by atoms with Gasteiger partial charge in [-0.3, -0.25) is 14.5 Å². The number of hydrogen-bond donors (Lipinski definition) is 0. The van der Waals surface area contributed by atoms with Crippen LogP contribution in [-0.2, 0) is 9.59 Å². The van der Waals surface area contributed by atoms with Gasteiger partial charge in [0.05, 0.1) is 0 Å². The molecule has 14 heavy (non-hydrogen) atoms. The predicted molar refractivity (Wildman–Crippen MR) is 54.6 cm³/mol. The van der Waals surface area contributed by atoms with E-state index in [4.69, 9.17) is 0 Å². The Kier molecular flexibility index (Phi) is 2.98. The van der Waals surface area contributed by atoms with E-state index in [-0.39, 0.29) is 23.1 Å². The van der Waals surface area contributed by atoms with Gasteiger partial charge in [0.15, 0.2) is 0 Å². The van der Waals surface area contributed by atoms with Crippen molar-refractivity contribution in [3.63, 3.8) is 0 Å². The average Bonchev–Trinajstić information content (AvgIpc) is 2.29. The number of amides is 2. The first-order valence-electron chi connectivity index (χ1n) is 5.19. The number of likely N-dealkylation sites (tertiary alicyclic amines) is 1. The van der Waals surface area contributed by atoms with Crippen LogP contribution in [0.1, 0.15) is 40.5 Å². The smallest absolute Gasteiger partial charge is 0.232 e. The molecule has 1 unspecified atom stereocenters. The minimum atomic E-state index is -0.0650. The molecule has 0 aromatic heterocycles. The summed E-state index contributed by atoms with van der Waals surface area (Å²) in [6, 6.07) is 0. The minimum Gasteiger partial charge on any atom is -0.282 e. The lowest BCUT2D eigenvalue weighted by Gasteiger charge is -2.25. The van der Waals surface area contributed by atoms with Gasteiger partial charge in [0.1, 0.15) is 0 Å². The third-order valence-corrected chi connectivity index (χ3v) is 2.46. The molecule has 0 aromatic carbocycles. The number of imide groups is 1. The quantitative estimate of drug-likeness (QED) is 0.633. The first-order chi connectivity index (χ1) is 6.35. The standard InChI is InChI=1S/C11H19NO2/c1-5-8-6-9(13)12(10(8)14)7-11(2,3)4/h8H,5-7H2,1-4H3. The zero-order valence-electron chi connectivity index (χ0n) is 9.46. The highest BCUT2D eigenvalue weighted by atomic mass is 16.2. The average molecular weight is 197 g/mol. The number of rotatable bonds is 2. The van der Waals surface area contributed by atoms with Crippen molar-refractivity contribution < 1.29 is 9.59 Å². The number of hydrogen-bond acceptors (Lipinski definition) is 2. The second-order valence-corrected chi connectivity index (χ2v) is 5.19. The van der Waals surface area contributed by atoms with Gasteiger partial charge in [-0.15, -0.1) is 0 Å². The molecule has 0 bridgehead atoms. The van der Waals surface area contributed by atoms with Gasteiger partial charge in [0.25, 0.3) is 0 Å². The lowest BCUT2D eigenvalue weighted by atomic mass is 9.96. The van der Waals surface area contributed by atoms with E-state index in [1.165, 1.54) is 4.90 Å². The van der Waals surface area contributed by atoms with Crippen LogP contribution in [0.15, 0.2) is 0 Å². The number of nitrogens with zero attached hydrogens (tertiary/aromatic N) is 1. The van der Waals surface area contributed by atoms with Crippen LogP contribution < -0.4 is 0 Å². The number of carbonyl (C=O) groups is 2. The van der Waals surface area contributed by atoms with E-state index >= 15 is 0 Å². The molecule has 3 nitrogen and oxygen atoms in total. The fourth-order valence-electron chi connectivity index (χ4n) is 1.71. The van der Waals surface area contributed by atoms with Gasteiger partial charge in [0.2, 0.25) is 11.8 Å². The van der Waals surface area contributed by atoms with Crippen molar-refractivity contribution in [1.29, 1.82) is 0 Å². The zero-order chi connectivity index (χ0) is 10.9. The molecule has 0 aromatic rings. The minimum absolute atomic E-state index is 0.00299. The summed E-state index contributed by atoms with van der Waals surface area (Å²) >= 11 is 0. The third kappa shape index (κ3) is 2.34. The van der Waals surface area contributed by atoms with Crippen LogP contribution in [0.5, 0.6) is 0 Å². The Morgan fingerprint density at radius 2 is 1.93 bits per heavy atom. The second-order valence-electron chi connectivity index (χ2n) is 5.19. The highest BCUT2D eigenvalue weighted by Crippen LogP contribution is 2.26. The van der Waals surface area contributed by atoms with E-state index in [2.05, 4.69) is 0 Å². The van der Waals surface area contributed by atoms with Crippen LogP contribution >= 0.6 is 0 Å². The molecule has 80 valence electrons. The molecule has 1 fully saturated rings. The molecule has 0 spiro atoms. The summed E-state index contributed by atoms with van der Waals surface area (Å²) < 4.78 is 0. The molecule has 1 aliphatic rings. The summed E-state index contributed by atoms with van der Waals surface area (Å²) in [5.74, 6) is -0.0472. The van der Waals surface area contributed by atoms with Crippen molar-refractivity contribution in [3.8, 4) is 0 Å². The normalized spacial score (nSPS) is 23.4. The predicted octanol–water partition coefficient (Wildman–Crippen LogP) is 1.82. The maximum absolute atomic E-state index is 11.7. The van der Waals surface area contributed by atoms with Crippen molar-refractivity contribution in [1.82, 2.24) is 4.90 Å². The van der Waals surface area contributed by atoms with Crippen molar-refractivity contribution in [3.05, 3.63) is 0 Å². The maximum Gasteiger partial charge on any atom is 0.232 e. The second kappa shape index (κ2) is 3.71. The largest absolute Gasteiger partial charge is 0.282 e. The van der Waals surface area contributed by atoms with Gasteiger partial charge in [-0.1, -0.05) is 27.7 Å². The SMILES string of the molecule is CCC1CC(=O)N(CC(C)(C)C)C1=O. The lowest BCUT2D eigenvalue weighted by Crippen LogP contribution is -2.37. The van der Waals surface area contributed by atoms with Crippen LogP contribution in [0.2, 0.25) is 0 Å². The Labute approximate surface area is 85.5 Å². The summed E-state index contributed by atoms with van der Waals surface area (Å²) in [6.07, 6.45) is 1.18. The van der Waals surface area contributed by atoms with Gasteiger partial charge < -0.3 is 0 Å². The van der Waals surface area contributed by atoms with Crippen molar-refractivity contribution in [2.24, 2.45) is 11.3 Å². The van der Waals surface area contributed by atoms with E-state index in [0.717, 1.165) is 6.42 Å². The highest BCUT2D eigenvalue weighted by molar-refractivity contribution is 6.03. The fraction of sp³-hybridized carbons (Fsp3) is 0.818. The molecule has 0 aliphatic carbocycles. The van der Waals surface area contributed by atoms with E-state index in [0.29, 0.717) is 13.0 Å². The van der Waals surface area contributed by atoms with Crippen LogP contribution in [0.3, 0.4) is 0 Å². The molecular formula is C11H19NO2. The summed E-state index contributed by atoms with van der Waals surface area (Å²) in [6.45, 7) is 8.60. The van der Waals surface area contributed by atoms with Crippen LogP contribution in [0.25, 0.3) is 0 Å². The lowest BCUT2D eigenvalue weighted by molar-refractivity contribution is -0.140. The molecule has 1 heterocycles. The van der Waals surface area contributed by atoms with E-state index in [1.807, 2.05) is 27.7 Å². The topological polar surface area (TPSA) is 37.4 Å². The summed E-state index contributed by atoms with van der Waals surface area (Å²) in [4.78, 5) is 24.7. The van der Waals surface area contributed by atoms with Crippen LogP contribution in [-0.4, -0.2) is 23.3 Å². The summed E-state index contributed by atoms with van der Waals surface area (Å²) in [5.41, 5.74) is -0.00600. The molecule has 2 amide bonds. The van der Waals surface area contributed by atoms with E-state index in [9.17, 15) is 9.59 Å². The molecule has 0 saturated carbocycles. The van der Waals surface area contributed by atoms with Crippen molar-refractivity contribution in [2.75, 3.05) is 6.54 Å². The van der Waals surface area contributed by atoms with Crippen molar-refractivity contribution in [2.45, 2.75) is 40.5 Å². The van der Waals surface area contributed by atoms with Gasteiger partial charge in [-0.25, -0.2) is 0 Å². The van der Waals surface area contributed by atoms with Gasteiger partial charge >= 0.3 is 0 Å². The van der Waals surface area contributed by atoms with Crippen molar-refractivity contribution >= 4 is 11.8 Å². The Bertz CT molecular complexity index is 253. The Hall–Kier alpha value is -0.860. The van der Waals surface area contributed by atoms with Gasteiger partial charge in [-0.05, 0) is 11.8 Å². The molecular weight excluding hydrogens is 178 g/mol. The van der Waals surface area contributed by atoms with Gasteiger partial charge in [-0.2, -0.15) is 0 Å². The Morgan fingerprint density at radius 1 is 1.36 bits per heavy atom. The summed E-state index contributed by atoms with van der Waals surface area (Å²) in [7, 11) is 0. The monoisotopic (exact) mass is 197 g/mol. The first-order valence-corrected chi connectivity index (χ1v) is 5.19. The third-order valence-electron chi connectivity index (χ3n) is 2.46. The van der Waals surface area contributed by atoms with E-state index in [1.54, 1.807) is 0 Å². The molecule has 3 heteroatoms. The Balaban J connectivity index is 2.71. The maximum atomic E-state index is 11.7. The van der Waals surface area contributed by atoms with Crippen LogP contribution in [0, 0.1) is 11.3 Å². The molecule has 0 radical (unpaired) electrons. The van der Waals surface area contributed by atoms with E-state index < -0.39 is 0 Å². The Morgan fingerprint density at radius 3 is 2.29 bits per heavy atom. The molecule has 1 atom stereocenters. The molecule has 1 rings (SSSR count). The molecule has 1 aliphatic heterocycles. The molecule has 0 N–H and O–H groups in total. The number of carbonyl (C=O) groups excluding carboxylic acids is 2. The fourth-order valence-corrected chi connectivity index (χ4v) is 1.71. The zero-order valence-corrected chi connectivity index (χ0v) is 9.46. The van der Waals surface area contributed by atoms with Gasteiger partial charge in [0, 0.05) is 18.9 Å². The highest BCUT2D eigenvalue weighted by Gasteiger charge is 2.38. The first kappa shape index (κ1) is 11.2.